The number of carbonyl (C=O) groups excluding carboxylic acids is 1. The SMILES string of the molecule is CC(C)n1nccc1C(=O)N1CC[C@@]2(C(=O)O)CCCN(C)[C@@H]2C1. The number of rotatable bonds is 3. The molecular formula is C17H26N4O3. The molecule has 0 radical (unpaired) electrons. The highest BCUT2D eigenvalue weighted by Gasteiger charge is 2.53. The maximum Gasteiger partial charge on any atom is 0.311 e. The fourth-order valence-electron chi connectivity index (χ4n) is 4.23. The maximum absolute atomic E-state index is 12.9. The molecule has 1 aromatic heterocycles. The van der Waals surface area contributed by atoms with Crippen molar-refractivity contribution < 1.29 is 14.7 Å². The van der Waals surface area contributed by atoms with E-state index in [1.807, 2.05) is 20.9 Å². The second kappa shape index (κ2) is 6.20. The number of likely N-dealkylation sites (tertiary alicyclic amines) is 2. The molecule has 2 aliphatic rings. The Morgan fingerprint density at radius 3 is 2.75 bits per heavy atom. The summed E-state index contributed by atoms with van der Waals surface area (Å²) in [7, 11) is 1.97. The molecule has 3 rings (SSSR count). The number of amides is 1. The third kappa shape index (κ3) is 2.60. The summed E-state index contributed by atoms with van der Waals surface area (Å²) >= 11 is 0. The van der Waals surface area contributed by atoms with Crippen molar-refractivity contribution in [3.8, 4) is 0 Å². The second-order valence-electron chi connectivity index (χ2n) is 7.32. The maximum atomic E-state index is 12.9. The Hall–Kier alpha value is -1.89. The van der Waals surface area contributed by atoms with Gasteiger partial charge >= 0.3 is 5.97 Å². The molecule has 7 nitrogen and oxygen atoms in total. The van der Waals surface area contributed by atoms with Crippen molar-refractivity contribution in [1.29, 1.82) is 0 Å². The van der Waals surface area contributed by atoms with E-state index in [0.29, 0.717) is 31.6 Å². The molecule has 0 saturated carbocycles. The van der Waals surface area contributed by atoms with Gasteiger partial charge in [-0.25, -0.2) is 0 Å². The van der Waals surface area contributed by atoms with Crippen LogP contribution >= 0.6 is 0 Å². The Bertz CT molecular complexity index is 642. The lowest BCUT2D eigenvalue weighted by molar-refractivity contribution is -0.161. The number of likely N-dealkylation sites (N-methyl/N-ethyl adjacent to an activating group) is 1. The molecule has 2 atom stereocenters. The van der Waals surface area contributed by atoms with Crippen LogP contribution in [0, 0.1) is 5.41 Å². The fourth-order valence-corrected chi connectivity index (χ4v) is 4.23. The summed E-state index contributed by atoms with van der Waals surface area (Å²) in [4.78, 5) is 28.8. The summed E-state index contributed by atoms with van der Waals surface area (Å²) in [6.07, 6.45) is 3.75. The van der Waals surface area contributed by atoms with E-state index in [1.54, 1.807) is 21.8 Å². The van der Waals surface area contributed by atoms with Gasteiger partial charge in [0.1, 0.15) is 5.69 Å². The predicted molar refractivity (Wildman–Crippen MR) is 88.9 cm³/mol. The van der Waals surface area contributed by atoms with E-state index in [1.165, 1.54) is 0 Å². The highest BCUT2D eigenvalue weighted by Crippen LogP contribution is 2.42. The first-order chi connectivity index (χ1) is 11.4. The van der Waals surface area contributed by atoms with E-state index in [4.69, 9.17) is 0 Å². The van der Waals surface area contributed by atoms with Gasteiger partial charge in [-0.15, -0.1) is 0 Å². The van der Waals surface area contributed by atoms with Gasteiger partial charge in [0.2, 0.25) is 0 Å². The minimum absolute atomic E-state index is 0.0563. The van der Waals surface area contributed by atoms with Crippen LogP contribution in [-0.4, -0.2) is 69.3 Å². The van der Waals surface area contributed by atoms with Gasteiger partial charge in [-0.05, 0) is 52.8 Å². The Morgan fingerprint density at radius 2 is 2.08 bits per heavy atom. The zero-order chi connectivity index (χ0) is 17.5. The number of nitrogens with zero attached hydrogens (tertiary/aromatic N) is 4. The van der Waals surface area contributed by atoms with E-state index < -0.39 is 11.4 Å². The van der Waals surface area contributed by atoms with Gasteiger partial charge in [-0.2, -0.15) is 5.10 Å². The lowest BCUT2D eigenvalue weighted by atomic mass is 9.68. The topological polar surface area (TPSA) is 78.7 Å². The molecule has 0 spiro atoms. The van der Waals surface area contributed by atoms with Crippen LogP contribution in [0.1, 0.15) is 49.6 Å². The van der Waals surface area contributed by atoms with Crippen LogP contribution in [0.2, 0.25) is 0 Å². The molecule has 2 fully saturated rings. The summed E-state index contributed by atoms with van der Waals surface area (Å²) in [6.45, 7) is 5.81. The smallest absolute Gasteiger partial charge is 0.311 e. The largest absolute Gasteiger partial charge is 0.481 e. The van der Waals surface area contributed by atoms with Crippen LogP contribution in [0.25, 0.3) is 0 Å². The monoisotopic (exact) mass is 334 g/mol. The average molecular weight is 334 g/mol. The van der Waals surface area contributed by atoms with Crippen molar-refractivity contribution in [2.24, 2.45) is 5.41 Å². The van der Waals surface area contributed by atoms with Crippen molar-refractivity contribution in [3.63, 3.8) is 0 Å². The van der Waals surface area contributed by atoms with E-state index in [0.717, 1.165) is 13.0 Å². The Kier molecular flexibility index (Phi) is 4.38. The zero-order valence-corrected chi connectivity index (χ0v) is 14.6. The van der Waals surface area contributed by atoms with Gasteiger partial charge in [0.15, 0.2) is 0 Å². The summed E-state index contributed by atoms with van der Waals surface area (Å²) in [5.74, 6) is -0.780. The zero-order valence-electron chi connectivity index (χ0n) is 14.6. The molecule has 132 valence electrons. The number of aromatic nitrogens is 2. The summed E-state index contributed by atoms with van der Waals surface area (Å²) in [6, 6.07) is 1.72. The van der Waals surface area contributed by atoms with Crippen molar-refractivity contribution in [1.82, 2.24) is 19.6 Å². The standard InChI is InChI=1S/C17H26N4O3/c1-12(2)21-13(5-8-18-21)15(22)20-10-7-17(16(23)24)6-4-9-19(3)14(17)11-20/h5,8,12,14H,4,6-7,9-11H2,1-3H3,(H,23,24)/t14-,17+/m1/s1. The van der Waals surface area contributed by atoms with Crippen molar-refractivity contribution in [3.05, 3.63) is 18.0 Å². The fraction of sp³-hybridized carbons (Fsp3) is 0.706. The van der Waals surface area contributed by atoms with Gasteiger partial charge in [-0.1, -0.05) is 0 Å². The first-order valence-corrected chi connectivity index (χ1v) is 8.63. The Balaban J connectivity index is 1.84. The molecule has 0 aromatic carbocycles. The van der Waals surface area contributed by atoms with Crippen LogP contribution in [0.4, 0.5) is 0 Å². The van der Waals surface area contributed by atoms with Gasteiger partial charge in [0.25, 0.3) is 5.91 Å². The van der Waals surface area contributed by atoms with Gasteiger partial charge in [0, 0.05) is 31.4 Å². The number of fused-ring (bicyclic) bond motifs is 1. The molecule has 0 unspecified atom stereocenters. The van der Waals surface area contributed by atoms with Gasteiger partial charge < -0.3 is 14.9 Å². The van der Waals surface area contributed by atoms with Crippen molar-refractivity contribution >= 4 is 11.9 Å². The molecular weight excluding hydrogens is 308 g/mol. The van der Waals surface area contributed by atoms with Crippen LogP contribution in [-0.2, 0) is 4.79 Å². The lowest BCUT2D eigenvalue weighted by Gasteiger charge is -2.51. The summed E-state index contributed by atoms with van der Waals surface area (Å²) in [5.41, 5.74) is -0.145. The first kappa shape index (κ1) is 17.0. The van der Waals surface area contributed by atoms with Crippen LogP contribution < -0.4 is 0 Å². The molecule has 1 aromatic rings. The number of aliphatic carboxylic acids is 1. The molecule has 0 aliphatic carbocycles. The lowest BCUT2D eigenvalue weighted by Crippen LogP contribution is -2.63. The van der Waals surface area contributed by atoms with E-state index in [-0.39, 0.29) is 18.0 Å². The third-order valence-electron chi connectivity index (χ3n) is 5.62. The van der Waals surface area contributed by atoms with E-state index in [2.05, 4.69) is 10.00 Å². The number of hydrogen-bond acceptors (Lipinski definition) is 4. The molecule has 0 bridgehead atoms. The van der Waals surface area contributed by atoms with E-state index in [9.17, 15) is 14.7 Å². The minimum atomic E-state index is -0.724. The predicted octanol–water partition coefficient (Wildman–Crippen LogP) is 1.48. The highest BCUT2D eigenvalue weighted by atomic mass is 16.4. The molecule has 7 heteroatoms. The molecule has 1 amide bonds. The first-order valence-electron chi connectivity index (χ1n) is 8.63. The normalized spacial score (nSPS) is 28.0. The number of carbonyl (C=O) groups is 2. The Labute approximate surface area is 142 Å². The van der Waals surface area contributed by atoms with Gasteiger partial charge in [0.05, 0.1) is 5.41 Å². The molecule has 24 heavy (non-hydrogen) atoms. The van der Waals surface area contributed by atoms with Crippen LogP contribution in [0.15, 0.2) is 12.3 Å². The highest BCUT2D eigenvalue weighted by molar-refractivity contribution is 5.93. The summed E-state index contributed by atoms with van der Waals surface area (Å²) in [5, 5.41) is 14.1. The van der Waals surface area contributed by atoms with Crippen LogP contribution in [0.3, 0.4) is 0 Å². The van der Waals surface area contributed by atoms with Crippen molar-refractivity contribution in [2.75, 3.05) is 26.7 Å². The molecule has 2 saturated heterocycles. The minimum Gasteiger partial charge on any atom is -0.481 e. The molecule has 2 aliphatic heterocycles. The molecule has 1 N–H and O–H groups in total. The second-order valence-corrected chi connectivity index (χ2v) is 7.32. The summed E-state index contributed by atoms with van der Waals surface area (Å²) < 4.78 is 1.73. The van der Waals surface area contributed by atoms with Gasteiger partial charge in [-0.3, -0.25) is 14.3 Å². The Morgan fingerprint density at radius 1 is 1.33 bits per heavy atom. The van der Waals surface area contributed by atoms with Crippen LogP contribution in [0.5, 0.6) is 0 Å². The average Bonchev–Trinajstić information content (AvgIpc) is 3.04. The van der Waals surface area contributed by atoms with Crippen molar-refractivity contribution in [2.45, 2.75) is 45.2 Å². The number of piperidine rings is 2. The quantitative estimate of drug-likeness (QED) is 0.906. The number of carboxylic acids is 1. The number of carboxylic acid groups (broad SMARTS) is 1. The third-order valence-corrected chi connectivity index (χ3v) is 5.62. The molecule has 3 heterocycles. The number of hydrogen-bond donors (Lipinski definition) is 1. The van der Waals surface area contributed by atoms with E-state index >= 15 is 0 Å².